The summed E-state index contributed by atoms with van der Waals surface area (Å²) in [5.41, 5.74) is 4.99. The average Bonchev–Trinajstić information content (AvgIpc) is 3.15. The van der Waals surface area contributed by atoms with E-state index in [0.29, 0.717) is 16.9 Å². The summed E-state index contributed by atoms with van der Waals surface area (Å²) in [6, 6.07) is 22.9. The van der Waals surface area contributed by atoms with Gasteiger partial charge in [-0.1, -0.05) is 24.3 Å². The molecule has 0 saturated carbocycles. The molecule has 0 spiro atoms. The van der Waals surface area contributed by atoms with Gasteiger partial charge < -0.3 is 10.2 Å². The zero-order chi connectivity index (χ0) is 20.4. The zero-order valence-electron chi connectivity index (χ0n) is 16.1. The summed E-state index contributed by atoms with van der Waals surface area (Å²) >= 11 is 0. The average molecular weight is 381 g/mol. The Hall–Kier alpha value is -4.11. The van der Waals surface area contributed by atoms with Gasteiger partial charge in [0, 0.05) is 30.7 Å². The Kier molecular flexibility index (Phi) is 4.71. The van der Waals surface area contributed by atoms with Crippen LogP contribution in [-0.4, -0.2) is 30.2 Å². The van der Waals surface area contributed by atoms with Crippen LogP contribution in [0.5, 0.6) is 0 Å². The number of benzene rings is 3. The van der Waals surface area contributed by atoms with Gasteiger partial charge in [0.1, 0.15) is 0 Å². The number of aromatic amines is 1. The second kappa shape index (κ2) is 7.49. The van der Waals surface area contributed by atoms with Crippen LogP contribution >= 0.6 is 0 Å². The summed E-state index contributed by atoms with van der Waals surface area (Å²) in [5, 5.41) is 19.9. The molecule has 0 atom stereocenters. The van der Waals surface area contributed by atoms with E-state index < -0.39 is 0 Å². The monoisotopic (exact) mass is 381 g/mol. The molecule has 0 aliphatic heterocycles. The van der Waals surface area contributed by atoms with Gasteiger partial charge in [-0.05, 0) is 53.6 Å². The van der Waals surface area contributed by atoms with Crippen LogP contribution in [0.15, 0.2) is 66.7 Å². The number of aromatic nitrogens is 2. The molecule has 1 amide bonds. The maximum absolute atomic E-state index is 12.5. The van der Waals surface area contributed by atoms with Crippen molar-refractivity contribution in [1.82, 2.24) is 10.2 Å². The third kappa shape index (κ3) is 3.66. The molecule has 1 aromatic heterocycles. The number of carbonyl (C=O) groups is 1. The van der Waals surface area contributed by atoms with Crippen LogP contribution in [0, 0.1) is 11.3 Å². The SMILES string of the molecule is CN(C)c1ccc(-c2ccc3c(NC(=O)c4cccc(C#N)c4)n[nH]c3c2)cc1. The van der Waals surface area contributed by atoms with Crippen molar-refractivity contribution in [3.8, 4) is 17.2 Å². The van der Waals surface area contributed by atoms with E-state index in [4.69, 9.17) is 5.26 Å². The van der Waals surface area contributed by atoms with Gasteiger partial charge in [-0.3, -0.25) is 9.89 Å². The normalized spacial score (nSPS) is 10.5. The van der Waals surface area contributed by atoms with Crippen LogP contribution in [0.25, 0.3) is 22.0 Å². The van der Waals surface area contributed by atoms with Crippen LogP contribution in [0.2, 0.25) is 0 Å². The van der Waals surface area contributed by atoms with E-state index in [1.807, 2.05) is 38.4 Å². The minimum absolute atomic E-state index is 0.307. The Bertz CT molecular complexity index is 1230. The first kappa shape index (κ1) is 18.3. The van der Waals surface area contributed by atoms with E-state index in [9.17, 15) is 4.79 Å². The highest BCUT2D eigenvalue weighted by Crippen LogP contribution is 2.28. The summed E-state index contributed by atoms with van der Waals surface area (Å²) < 4.78 is 0. The van der Waals surface area contributed by atoms with E-state index >= 15 is 0 Å². The minimum atomic E-state index is -0.307. The van der Waals surface area contributed by atoms with Crippen molar-refractivity contribution in [1.29, 1.82) is 5.26 Å². The van der Waals surface area contributed by atoms with Crippen molar-refractivity contribution in [2.75, 3.05) is 24.3 Å². The van der Waals surface area contributed by atoms with Crippen molar-refractivity contribution < 1.29 is 4.79 Å². The fraction of sp³-hybridized carbons (Fsp3) is 0.0870. The molecular weight excluding hydrogens is 362 g/mol. The second-order valence-electron chi connectivity index (χ2n) is 6.92. The van der Waals surface area contributed by atoms with Gasteiger partial charge in [0.25, 0.3) is 5.91 Å². The highest BCUT2D eigenvalue weighted by molar-refractivity contribution is 6.08. The molecule has 0 saturated heterocycles. The molecule has 0 unspecified atom stereocenters. The predicted octanol–water partition coefficient (Wildman–Crippen LogP) is 4.42. The molecule has 142 valence electrons. The molecule has 6 nitrogen and oxygen atoms in total. The van der Waals surface area contributed by atoms with Gasteiger partial charge in [0.2, 0.25) is 0 Å². The number of nitrogens with zero attached hydrogens (tertiary/aromatic N) is 3. The van der Waals surface area contributed by atoms with Crippen LogP contribution in [-0.2, 0) is 0 Å². The zero-order valence-corrected chi connectivity index (χ0v) is 16.1. The highest BCUT2D eigenvalue weighted by Gasteiger charge is 2.12. The molecule has 0 bridgehead atoms. The van der Waals surface area contributed by atoms with Crippen molar-refractivity contribution >= 4 is 28.3 Å². The Morgan fingerprint density at radius 1 is 1.03 bits per heavy atom. The Morgan fingerprint density at radius 3 is 2.52 bits per heavy atom. The molecule has 1 heterocycles. The van der Waals surface area contributed by atoms with Gasteiger partial charge in [-0.25, -0.2) is 0 Å². The molecule has 4 rings (SSSR count). The molecular formula is C23H19N5O. The molecule has 0 aliphatic rings. The number of anilines is 2. The van der Waals surface area contributed by atoms with Crippen LogP contribution in [0.1, 0.15) is 15.9 Å². The third-order valence-electron chi connectivity index (χ3n) is 4.77. The summed E-state index contributed by atoms with van der Waals surface area (Å²) in [6.45, 7) is 0. The Balaban J connectivity index is 1.59. The van der Waals surface area contributed by atoms with Crippen LogP contribution < -0.4 is 10.2 Å². The van der Waals surface area contributed by atoms with E-state index in [0.717, 1.165) is 27.7 Å². The lowest BCUT2D eigenvalue weighted by molar-refractivity contribution is 0.102. The number of hydrogen-bond acceptors (Lipinski definition) is 4. The molecule has 0 aliphatic carbocycles. The highest BCUT2D eigenvalue weighted by atomic mass is 16.1. The molecule has 0 radical (unpaired) electrons. The number of fused-ring (bicyclic) bond motifs is 1. The summed E-state index contributed by atoms with van der Waals surface area (Å²) in [4.78, 5) is 14.6. The lowest BCUT2D eigenvalue weighted by atomic mass is 10.0. The van der Waals surface area contributed by atoms with Crippen LogP contribution in [0.4, 0.5) is 11.5 Å². The Morgan fingerprint density at radius 2 is 1.79 bits per heavy atom. The van der Waals surface area contributed by atoms with Crippen molar-refractivity contribution in [2.24, 2.45) is 0 Å². The van der Waals surface area contributed by atoms with Gasteiger partial charge in [-0.2, -0.15) is 10.4 Å². The largest absolute Gasteiger partial charge is 0.378 e. The van der Waals surface area contributed by atoms with Crippen molar-refractivity contribution in [3.63, 3.8) is 0 Å². The Labute approximate surface area is 168 Å². The van der Waals surface area contributed by atoms with E-state index in [1.54, 1.807) is 24.3 Å². The van der Waals surface area contributed by atoms with Gasteiger partial charge in [0.05, 0.1) is 17.1 Å². The number of nitriles is 1. The molecule has 2 N–H and O–H groups in total. The standard InChI is InChI=1S/C23H19N5O/c1-28(2)19-9-6-16(7-10-19)17-8-11-20-21(13-17)26-27-22(20)25-23(29)18-5-3-4-15(12-18)14-24/h3-13H,1-2H3,(H2,25,26,27,29). The van der Waals surface area contributed by atoms with E-state index in [1.165, 1.54) is 0 Å². The van der Waals surface area contributed by atoms with Crippen molar-refractivity contribution in [3.05, 3.63) is 77.9 Å². The number of rotatable bonds is 4. The first-order chi connectivity index (χ1) is 14.0. The maximum Gasteiger partial charge on any atom is 0.256 e. The lowest BCUT2D eigenvalue weighted by Gasteiger charge is -2.12. The topological polar surface area (TPSA) is 84.8 Å². The number of carbonyl (C=O) groups excluding carboxylic acids is 1. The number of amides is 1. The smallest absolute Gasteiger partial charge is 0.256 e. The maximum atomic E-state index is 12.5. The van der Waals surface area contributed by atoms with Gasteiger partial charge >= 0.3 is 0 Å². The summed E-state index contributed by atoms with van der Waals surface area (Å²) in [5.74, 6) is 0.153. The fourth-order valence-electron chi connectivity index (χ4n) is 3.16. The van der Waals surface area contributed by atoms with Crippen molar-refractivity contribution in [2.45, 2.75) is 0 Å². The van der Waals surface area contributed by atoms with Gasteiger partial charge in [0.15, 0.2) is 5.82 Å². The number of nitrogens with one attached hydrogen (secondary N) is 2. The first-order valence-electron chi connectivity index (χ1n) is 9.12. The molecule has 0 fully saturated rings. The van der Waals surface area contributed by atoms with E-state index in [-0.39, 0.29) is 5.91 Å². The predicted molar refractivity (Wildman–Crippen MR) is 115 cm³/mol. The summed E-state index contributed by atoms with van der Waals surface area (Å²) in [6.07, 6.45) is 0. The first-order valence-corrected chi connectivity index (χ1v) is 9.12. The molecule has 6 heteroatoms. The number of hydrogen-bond donors (Lipinski definition) is 2. The summed E-state index contributed by atoms with van der Waals surface area (Å²) in [7, 11) is 4.02. The molecule has 29 heavy (non-hydrogen) atoms. The van der Waals surface area contributed by atoms with Crippen LogP contribution in [0.3, 0.4) is 0 Å². The number of H-pyrrole nitrogens is 1. The molecule has 4 aromatic rings. The second-order valence-corrected chi connectivity index (χ2v) is 6.92. The van der Waals surface area contributed by atoms with Gasteiger partial charge in [-0.15, -0.1) is 0 Å². The lowest BCUT2D eigenvalue weighted by Crippen LogP contribution is -2.12. The third-order valence-corrected chi connectivity index (χ3v) is 4.77. The minimum Gasteiger partial charge on any atom is -0.378 e. The van der Waals surface area contributed by atoms with E-state index in [2.05, 4.69) is 44.7 Å². The molecule has 3 aromatic carbocycles. The fourth-order valence-corrected chi connectivity index (χ4v) is 3.16. The quantitative estimate of drug-likeness (QED) is 0.548.